The van der Waals surface area contributed by atoms with Crippen molar-refractivity contribution in [2.24, 2.45) is 0 Å². The number of urea groups is 1. The first-order valence-electron chi connectivity index (χ1n) is 14.1. The highest BCUT2D eigenvalue weighted by Gasteiger charge is 2.51. The predicted octanol–water partition coefficient (Wildman–Crippen LogP) is 2.84. The zero-order valence-electron chi connectivity index (χ0n) is 23.3. The van der Waals surface area contributed by atoms with Gasteiger partial charge in [-0.25, -0.2) is 19.8 Å². The van der Waals surface area contributed by atoms with Gasteiger partial charge in [-0.3, -0.25) is 9.59 Å². The number of imidazole rings is 1. The quantitative estimate of drug-likeness (QED) is 0.316. The molecule has 2 atom stereocenters. The molecule has 2 saturated heterocycles. The molecule has 0 bridgehead atoms. The monoisotopic (exact) mass is 567 g/mol. The fourth-order valence-corrected chi connectivity index (χ4v) is 5.88. The van der Waals surface area contributed by atoms with Crippen LogP contribution >= 0.6 is 0 Å². The van der Waals surface area contributed by atoms with Crippen molar-refractivity contribution in [3.8, 4) is 5.75 Å². The van der Waals surface area contributed by atoms with Gasteiger partial charge in [0.25, 0.3) is 0 Å². The summed E-state index contributed by atoms with van der Waals surface area (Å²) in [5, 5.41) is 16.1. The van der Waals surface area contributed by atoms with E-state index < -0.39 is 12.2 Å². The summed E-state index contributed by atoms with van der Waals surface area (Å²) >= 11 is 0. The molecular formula is C31H33N7O4. The van der Waals surface area contributed by atoms with Crippen LogP contribution in [0.3, 0.4) is 0 Å². The Kier molecular flexibility index (Phi) is 7.49. The van der Waals surface area contributed by atoms with Crippen LogP contribution in [-0.2, 0) is 29.1 Å². The number of carbonyl (C=O) groups is 3. The van der Waals surface area contributed by atoms with E-state index in [0.717, 1.165) is 27.7 Å². The van der Waals surface area contributed by atoms with Gasteiger partial charge in [0, 0.05) is 26.1 Å². The van der Waals surface area contributed by atoms with E-state index >= 15 is 0 Å². The number of aromatic amines is 1. The van der Waals surface area contributed by atoms with E-state index in [9.17, 15) is 19.5 Å². The SMILES string of the molecule is CCN1CC(=O)N2[C@@H](Cc3ccc(O)cc3)C(=O)N(Cc3cccc4[nH]cnc34)C[C@@H]2N1C(=O)NCc1ccccc1. The number of hydrogen-bond acceptors (Lipinski definition) is 6. The number of rotatable bonds is 7. The van der Waals surface area contributed by atoms with Crippen LogP contribution in [0.1, 0.15) is 23.6 Å². The first kappa shape index (κ1) is 27.3. The third-order valence-corrected chi connectivity index (χ3v) is 7.95. The van der Waals surface area contributed by atoms with Gasteiger partial charge >= 0.3 is 6.03 Å². The smallest absolute Gasteiger partial charge is 0.334 e. The molecule has 11 nitrogen and oxygen atoms in total. The van der Waals surface area contributed by atoms with Crippen molar-refractivity contribution in [1.82, 2.24) is 35.1 Å². The van der Waals surface area contributed by atoms with Crippen molar-refractivity contribution in [2.45, 2.75) is 38.6 Å². The molecule has 0 aliphatic carbocycles. The van der Waals surface area contributed by atoms with Crippen LogP contribution in [0.5, 0.6) is 5.75 Å². The van der Waals surface area contributed by atoms with Gasteiger partial charge in [-0.1, -0.05) is 61.5 Å². The molecule has 0 radical (unpaired) electrons. The van der Waals surface area contributed by atoms with Gasteiger partial charge in [0.1, 0.15) is 18.0 Å². The van der Waals surface area contributed by atoms with E-state index in [1.807, 2.05) is 55.5 Å². The lowest BCUT2D eigenvalue weighted by Gasteiger charge is -2.55. The number of H-pyrrole nitrogens is 1. The molecule has 3 N–H and O–H groups in total. The Morgan fingerprint density at radius 1 is 1.02 bits per heavy atom. The number of likely N-dealkylation sites (N-methyl/N-ethyl adjacent to an activating group) is 1. The molecule has 42 heavy (non-hydrogen) atoms. The Labute approximate surface area is 243 Å². The summed E-state index contributed by atoms with van der Waals surface area (Å²) < 4.78 is 0. The average molecular weight is 568 g/mol. The second-order valence-corrected chi connectivity index (χ2v) is 10.6. The van der Waals surface area contributed by atoms with Crippen molar-refractivity contribution >= 4 is 28.9 Å². The predicted molar refractivity (Wildman–Crippen MR) is 156 cm³/mol. The Bertz CT molecular complexity index is 1590. The Morgan fingerprint density at radius 2 is 1.81 bits per heavy atom. The summed E-state index contributed by atoms with van der Waals surface area (Å²) in [5.41, 5.74) is 4.26. The van der Waals surface area contributed by atoms with Crippen LogP contribution in [-0.4, -0.2) is 84.6 Å². The number of nitrogens with one attached hydrogen (secondary N) is 2. The summed E-state index contributed by atoms with van der Waals surface area (Å²) in [6.07, 6.45) is 1.16. The Hall–Kier alpha value is -4.90. The molecule has 1 aromatic heterocycles. The molecule has 216 valence electrons. The number of phenolic OH excluding ortho intramolecular Hbond substituents is 1. The highest BCUT2D eigenvalue weighted by Crippen LogP contribution is 2.30. The number of phenols is 1. The molecule has 2 fully saturated rings. The topological polar surface area (TPSA) is 125 Å². The second kappa shape index (κ2) is 11.5. The lowest BCUT2D eigenvalue weighted by molar-refractivity contribution is -0.190. The number of hydrogen-bond donors (Lipinski definition) is 3. The maximum absolute atomic E-state index is 14.1. The van der Waals surface area contributed by atoms with Crippen LogP contribution in [0.15, 0.2) is 79.1 Å². The Morgan fingerprint density at radius 3 is 2.57 bits per heavy atom. The van der Waals surface area contributed by atoms with Gasteiger partial charge < -0.3 is 25.2 Å². The van der Waals surface area contributed by atoms with Gasteiger partial charge in [0.2, 0.25) is 11.8 Å². The standard InChI is InChI=1S/C31H33N7O4/c1-2-36-19-28(40)37-26(15-21-11-13-24(39)14-12-21)30(41)35(17-23-9-6-10-25-29(23)34-20-33-25)18-27(37)38(36)31(42)32-16-22-7-4-3-5-8-22/h3-14,20,26-27,39H,2,15-19H2,1H3,(H,32,42)(H,33,34)/t26-,27-/m0/s1. The first-order chi connectivity index (χ1) is 20.4. The van der Waals surface area contributed by atoms with Crippen molar-refractivity contribution in [2.75, 3.05) is 19.6 Å². The van der Waals surface area contributed by atoms with Crippen molar-refractivity contribution < 1.29 is 19.5 Å². The van der Waals surface area contributed by atoms with E-state index in [-0.39, 0.29) is 49.7 Å². The van der Waals surface area contributed by atoms with Gasteiger partial charge in [-0.2, -0.15) is 0 Å². The molecule has 4 aromatic rings. The highest BCUT2D eigenvalue weighted by molar-refractivity contribution is 5.92. The zero-order chi connectivity index (χ0) is 29.2. The third kappa shape index (κ3) is 5.26. The molecule has 4 amide bonds. The molecule has 0 saturated carbocycles. The number of hydrazine groups is 1. The molecular weight excluding hydrogens is 534 g/mol. The van der Waals surface area contributed by atoms with Gasteiger partial charge in [0.15, 0.2) is 0 Å². The molecule has 0 spiro atoms. The number of aromatic hydroxyl groups is 1. The maximum atomic E-state index is 14.1. The highest BCUT2D eigenvalue weighted by atomic mass is 16.3. The number of benzene rings is 3. The third-order valence-electron chi connectivity index (χ3n) is 7.95. The number of carbonyl (C=O) groups excluding carboxylic acids is 3. The van der Waals surface area contributed by atoms with Gasteiger partial charge in [-0.05, 0) is 34.9 Å². The number of piperazine rings is 1. The van der Waals surface area contributed by atoms with E-state index in [0.29, 0.717) is 13.1 Å². The molecule has 3 aromatic carbocycles. The zero-order valence-corrected chi connectivity index (χ0v) is 23.3. The van der Waals surface area contributed by atoms with Gasteiger partial charge in [0.05, 0.1) is 30.5 Å². The molecule has 6 rings (SSSR count). The van der Waals surface area contributed by atoms with Crippen LogP contribution < -0.4 is 5.32 Å². The fourth-order valence-electron chi connectivity index (χ4n) is 5.88. The number of nitrogens with zero attached hydrogens (tertiary/aromatic N) is 5. The van der Waals surface area contributed by atoms with E-state index in [1.54, 1.807) is 50.4 Å². The van der Waals surface area contributed by atoms with Crippen molar-refractivity contribution in [3.63, 3.8) is 0 Å². The lowest BCUT2D eigenvalue weighted by Crippen LogP contribution is -2.76. The number of aromatic nitrogens is 2. The van der Waals surface area contributed by atoms with E-state index in [2.05, 4.69) is 15.3 Å². The van der Waals surface area contributed by atoms with Crippen LogP contribution in [0.25, 0.3) is 11.0 Å². The van der Waals surface area contributed by atoms with Crippen molar-refractivity contribution in [3.05, 3.63) is 95.8 Å². The second-order valence-electron chi connectivity index (χ2n) is 10.6. The Balaban J connectivity index is 1.35. The first-order valence-corrected chi connectivity index (χ1v) is 14.1. The van der Waals surface area contributed by atoms with Crippen LogP contribution in [0.2, 0.25) is 0 Å². The molecule has 3 heterocycles. The number of para-hydroxylation sites is 1. The maximum Gasteiger partial charge on any atom is 0.334 e. The summed E-state index contributed by atoms with van der Waals surface area (Å²) in [7, 11) is 0. The molecule has 0 unspecified atom stereocenters. The number of fused-ring (bicyclic) bond motifs is 2. The minimum atomic E-state index is -0.831. The minimum Gasteiger partial charge on any atom is -0.508 e. The van der Waals surface area contributed by atoms with E-state index in [1.165, 1.54) is 0 Å². The normalized spacial score (nSPS) is 19.3. The van der Waals surface area contributed by atoms with Crippen LogP contribution in [0, 0.1) is 0 Å². The number of amides is 4. The minimum absolute atomic E-state index is 0.0162. The summed E-state index contributed by atoms with van der Waals surface area (Å²) in [4.78, 5) is 52.4. The summed E-state index contributed by atoms with van der Waals surface area (Å²) in [6.45, 7) is 3.08. The molecule has 2 aliphatic rings. The van der Waals surface area contributed by atoms with Crippen molar-refractivity contribution in [1.29, 1.82) is 0 Å². The van der Waals surface area contributed by atoms with Gasteiger partial charge in [-0.15, -0.1) is 0 Å². The summed E-state index contributed by atoms with van der Waals surface area (Å²) in [5.74, 6) is -0.288. The average Bonchev–Trinajstić information content (AvgIpc) is 3.49. The lowest BCUT2D eigenvalue weighted by atomic mass is 9.98. The largest absolute Gasteiger partial charge is 0.508 e. The summed E-state index contributed by atoms with van der Waals surface area (Å²) in [6, 6.07) is 20.9. The fraction of sp³-hybridized carbons (Fsp3) is 0.290. The molecule has 11 heteroatoms. The molecule has 2 aliphatic heterocycles. The van der Waals surface area contributed by atoms with Crippen LogP contribution in [0.4, 0.5) is 4.79 Å². The van der Waals surface area contributed by atoms with E-state index in [4.69, 9.17) is 0 Å².